The van der Waals surface area contributed by atoms with Crippen LogP contribution in [0.1, 0.15) is 11.8 Å². The molecule has 1 heterocycles. The molecule has 0 atom stereocenters. The zero-order chi connectivity index (χ0) is 12.3. The second-order valence-electron chi connectivity index (χ2n) is 3.67. The van der Waals surface area contributed by atoms with Crippen molar-refractivity contribution in [3.8, 4) is 10.4 Å². The number of hydrogen-bond acceptors (Lipinski definition) is 2. The Labute approximate surface area is 119 Å². The van der Waals surface area contributed by atoms with Gasteiger partial charge in [0.2, 0.25) is 0 Å². The van der Waals surface area contributed by atoms with Crippen molar-refractivity contribution >= 4 is 38.9 Å². The molecule has 0 aliphatic heterocycles. The van der Waals surface area contributed by atoms with Crippen LogP contribution in [0.3, 0.4) is 0 Å². The van der Waals surface area contributed by atoms with Gasteiger partial charge in [-0.15, -0.1) is 11.3 Å². The second kappa shape index (κ2) is 6.01. The smallest absolute Gasteiger partial charge is 0.0493 e. The number of halogens is 2. The molecule has 1 aromatic heterocycles. The number of nitrogens with one attached hydrogen (secondary N) is 1. The quantitative estimate of drug-likeness (QED) is 0.837. The van der Waals surface area contributed by atoms with Gasteiger partial charge in [0.1, 0.15) is 0 Å². The molecule has 1 N–H and O–H groups in total. The van der Waals surface area contributed by atoms with Crippen LogP contribution in [-0.4, -0.2) is 6.54 Å². The van der Waals surface area contributed by atoms with Crippen LogP contribution < -0.4 is 5.32 Å². The minimum absolute atomic E-state index is 0.796. The zero-order valence-corrected chi connectivity index (χ0v) is 12.6. The van der Waals surface area contributed by atoms with Gasteiger partial charge in [-0.1, -0.05) is 34.5 Å². The highest BCUT2D eigenvalue weighted by Crippen LogP contribution is 2.35. The van der Waals surface area contributed by atoms with Crippen LogP contribution in [-0.2, 0) is 6.54 Å². The Morgan fingerprint density at radius 2 is 2.12 bits per heavy atom. The summed E-state index contributed by atoms with van der Waals surface area (Å²) < 4.78 is 1.05. The molecular weight excluding hydrogens is 318 g/mol. The second-order valence-corrected chi connectivity index (χ2v) is 6.16. The van der Waals surface area contributed by atoms with Crippen LogP contribution in [0.25, 0.3) is 10.4 Å². The molecule has 0 aliphatic carbocycles. The molecular formula is C13H13BrClNS. The van der Waals surface area contributed by atoms with Crippen LogP contribution >= 0.6 is 38.9 Å². The first-order valence-corrected chi connectivity index (χ1v) is 7.44. The van der Waals surface area contributed by atoms with Crippen molar-refractivity contribution in [1.29, 1.82) is 0 Å². The van der Waals surface area contributed by atoms with Gasteiger partial charge in [-0.05, 0) is 36.9 Å². The van der Waals surface area contributed by atoms with Gasteiger partial charge in [0, 0.05) is 31.4 Å². The van der Waals surface area contributed by atoms with Crippen molar-refractivity contribution < 1.29 is 0 Å². The number of thiophene rings is 1. The molecule has 1 aromatic carbocycles. The van der Waals surface area contributed by atoms with Crippen LogP contribution in [0.15, 0.2) is 34.8 Å². The summed E-state index contributed by atoms with van der Waals surface area (Å²) in [5, 5.41) is 4.12. The summed E-state index contributed by atoms with van der Waals surface area (Å²) in [6, 6.07) is 10.2. The molecule has 0 fully saturated rings. The fourth-order valence-corrected chi connectivity index (χ4v) is 3.20. The van der Waals surface area contributed by atoms with E-state index < -0.39 is 0 Å². The van der Waals surface area contributed by atoms with E-state index in [1.165, 1.54) is 9.75 Å². The molecule has 0 saturated heterocycles. The Morgan fingerprint density at radius 3 is 2.88 bits per heavy atom. The lowest BCUT2D eigenvalue weighted by Gasteiger charge is -2.02. The van der Waals surface area contributed by atoms with Crippen LogP contribution in [0.5, 0.6) is 0 Å². The molecule has 0 unspecified atom stereocenters. The Kier molecular flexibility index (Phi) is 4.62. The maximum absolute atomic E-state index is 6.21. The van der Waals surface area contributed by atoms with E-state index in [1.54, 1.807) is 11.3 Å². The van der Waals surface area contributed by atoms with Crippen molar-refractivity contribution in [2.45, 2.75) is 13.5 Å². The fraction of sp³-hybridized carbons (Fsp3) is 0.231. The molecule has 0 saturated carbocycles. The van der Waals surface area contributed by atoms with E-state index in [2.05, 4.69) is 46.4 Å². The maximum atomic E-state index is 6.21. The monoisotopic (exact) mass is 329 g/mol. The van der Waals surface area contributed by atoms with E-state index in [0.29, 0.717) is 0 Å². The van der Waals surface area contributed by atoms with Crippen molar-refractivity contribution in [3.63, 3.8) is 0 Å². The molecule has 0 aliphatic rings. The lowest BCUT2D eigenvalue weighted by molar-refractivity contribution is 0.735. The van der Waals surface area contributed by atoms with E-state index >= 15 is 0 Å². The summed E-state index contributed by atoms with van der Waals surface area (Å²) in [6.45, 7) is 4.03. The van der Waals surface area contributed by atoms with Gasteiger partial charge in [0.25, 0.3) is 0 Å². The van der Waals surface area contributed by atoms with Gasteiger partial charge in [-0.3, -0.25) is 0 Å². The van der Waals surface area contributed by atoms with Crippen molar-refractivity contribution in [2.24, 2.45) is 0 Å². The van der Waals surface area contributed by atoms with Gasteiger partial charge >= 0.3 is 0 Å². The highest BCUT2D eigenvalue weighted by molar-refractivity contribution is 9.10. The summed E-state index contributed by atoms with van der Waals surface area (Å²) >= 11 is 11.5. The highest BCUT2D eigenvalue weighted by Gasteiger charge is 2.07. The molecule has 2 rings (SSSR count). The average molecular weight is 331 g/mol. The van der Waals surface area contributed by atoms with Crippen molar-refractivity contribution in [1.82, 2.24) is 5.32 Å². The first-order valence-electron chi connectivity index (χ1n) is 5.45. The maximum Gasteiger partial charge on any atom is 0.0493 e. The molecule has 0 radical (unpaired) electrons. The van der Waals surface area contributed by atoms with Crippen LogP contribution in [0.2, 0.25) is 5.02 Å². The zero-order valence-electron chi connectivity index (χ0n) is 9.47. The molecule has 2 aromatic rings. The van der Waals surface area contributed by atoms with Gasteiger partial charge in [-0.25, -0.2) is 0 Å². The standard InChI is InChI=1S/C13H13BrClNS/c1-2-16-8-10-4-6-13(17-10)11-7-9(14)3-5-12(11)15/h3-7,16H,2,8H2,1H3. The number of rotatable bonds is 4. The fourth-order valence-electron chi connectivity index (χ4n) is 1.55. The minimum Gasteiger partial charge on any atom is -0.312 e. The molecule has 0 bridgehead atoms. The molecule has 17 heavy (non-hydrogen) atoms. The number of benzene rings is 1. The lowest BCUT2D eigenvalue weighted by atomic mass is 10.2. The highest BCUT2D eigenvalue weighted by atomic mass is 79.9. The van der Waals surface area contributed by atoms with E-state index in [0.717, 1.165) is 28.1 Å². The van der Waals surface area contributed by atoms with E-state index in [4.69, 9.17) is 11.6 Å². The van der Waals surface area contributed by atoms with E-state index in [-0.39, 0.29) is 0 Å². The van der Waals surface area contributed by atoms with Gasteiger partial charge in [0.05, 0.1) is 0 Å². The molecule has 0 amide bonds. The normalized spacial score (nSPS) is 10.8. The summed E-state index contributed by atoms with van der Waals surface area (Å²) in [7, 11) is 0. The van der Waals surface area contributed by atoms with E-state index in [9.17, 15) is 0 Å². The molecule has 4 heteroatoms. The molecule has 0 spiro atoms. The average Bonchev–Trinajstić information content (AvgIpc) is 2.78. The first kappa shape index (κ1) is 13.1. The van der Waals surface area contributed by atoms with Crippen molar-refractivity contribution in [2.75, 3.05) is 6.54 Å². The third-order valence-electron chi connectivity index (χ3n) is 2.40. The molecule has 1 nitrogen and oxygen atoms in total. The Bertz CT molecular complexity index is 510. The minimum atomic E-state index is 0.796. The first-order chi connectivity index (χ1) is 8.20. The lowest BCUT2D eigenvalue weighted by Crippen LogP contribution is -2.10. The van der Waals surface area contributed by atoms with Gasteiger partial charge in [0.15, 0.2) is 0 Å². The third kappa shape index (κ3) is 3.32. The largest absolute Gasteiger partial charge is 0.312 e. The topological polar surface area (TPSA) is 12.0 Å². The third-order valence-corrected chi connectivity index (χ3v) is 4.35. The van der Waals surface area contributed by atoms with Crippen LogP contribution in [0, 0.1) is 0 Å². The Balaban J connectivity index is 2.27. The van der Waals surface area contributed by atoms with Gasteiger partial charge in [-0.2, -0.15) is 0 Å². The van der Waals surface area contributed by atoms with Gasteiger partial charge < -0.3 is 5.32 Å². The summed E-state index contributed by atoms with van der Waals surface area (Å²) in [6.07, 6.45) is 0. The molecule has 90 valence electrons. The van der Waals surface area contributed by atoms with E-state index in [1.807, 2.05) is 12.1 Å². The predicted molar refractivity (Wildman–Crippen MR) is 79.8 cm³/mol. The Hall–Kier alpha value is -0.350. The number of hydrogen-bond donors (Lipinski definition) is 1. The van der Waals surface area contributed by atoms with Crippen LogP contribution in [0.4, 0.5) is 0 Å². The summed E-state index contributed by atoms with van der Waals surface area (Å²) in [4.78, 5) is 2.54. The van der Waals surface area contributed by atoms with Crippen molar-refractivity contribution in [3.05, 3.63) is 44.7 Å². The SMILES string of the molecule is CCNCc1ccc(-c2cc(Br)ccc2Cl)s1. The Morgan fingerprint density at radius 1 is 1.29 bits per heavy atom. The summed E-state index contributed by atoms with van der Waals surface area (Å²) in [5.74, 6) is 0. The summed E-state index contributed by atoms with van der Waals surface area (Å²) in [5.41, 5.74) is 1.09. The predicted octanol–water partition coefficient (Wildman–Crippen LogP) is 4.94.